The van der Waals surface area contributed by atoms with E-state index in [1.54, 1.807) is 0 Å². The quantitative estimate of drug-likeness (QED) is 0.902. The maximum Gasteiger partial charge on any atom is 0.133 e. The SMILES string of the molecule is CC(N)Cc1ccc(OCC2CCCCO2)c(Br)c1. The summed E-state index contributed by atoms with van der Waals surface area (Å²) in [6.45, 7) is 3.51. The third-order valence-electron chi connectivity index (χ3n) is 3.25. The zero-order valence-electron chi connectivity index (χ0n) is 11.4. The van der Waals surface area contributed by atoms with E-state index >= 15 is 0 Å². The number of halogens is 1. The van der Waals surface area contributed by atoms with Crippen molar-refractivity contribution in [2.24, 2.45) is 5.73 Å². The minimum absolute atomic E-state index is 0.175. The van der Waals surface area contributed by atoms with Gasteiger partial charge in [-0.25, -0.2) is 0 Å². The first kappa shape index (κ1) is 14.8. The van der Waals surface area contributed by atoms with Gasteiger partial charge in [0.05, 0.1) is 10.6 Å². The number of ether oxygens (including phenoxy) is 2. The lowest BCUT2D eigenvalue weighted by molar-refractivity contribution is -0.0112. The Morgan fingerprint density at radius 3 is 2.95 bits per heavy atom. The van der Waals surface area contributed by atoms with Crippen molar-refractivity contribution in [1.82, 2.24) is 0 Å². The van der Waals surface area contributed by atoms with Crippen molar-refractivity contribution < 1.29 is 9.47 Å². The van der Waals surface area contributed by atoms with Gasteiger partial charge in [0.2, 0.25) is 0 Å². The van der Waals surface area contributed by atoms with Gasteiger partial charge in [-0.1, -0.05) is 6.07 Å². The molecule has 0 bridgehead atoms. The number of benzene rings is 1. The van der Waals surface area contributed by atoms with Crippen LogP contribution in [0.1, 0.15) is 31.7 Å². The largest absolute Gasteiger partial charge is 0.490 e. The summed E-state index contributed by atoms with van der Waals surface area (Å²) in [5.41, 5.74) is 7.03. The first-order valence-electron chi connectivity index (χ1n) is 6.93. The molecule has 0 aromatic heterocycles. The third-order valence-corrected chi connectivity index (χ3v) is 3.87. The lowest BCUT2D eigenvalue weighted by Gasteiger charge is -2.23. The zero-order valence-corrected chi connectivity index (χ0v) is 13.0. The second-order valence-corrected chi connectivity index (χ2v) is 6.10. The Hall–Kier alpha value is -0.580. The molecule has 1 aromatic carbocycles. The molecule has 2 unspecified atom stereocenters. The lowest BCUT2D eigenvalue weighted by Crippen LogP contribution is -2.25. The summed E-state index contributed by atoms with van der Waals surface area (Å²) in [4.78, 5) is 0. The molecule has 0 aliphatic carbocycles. The van der Waals surface area contributed by atoms with Gasteiger partial charge >= 0.3 is 0 Å². The Balaban J connectivity index is 1.89. The van der Waals surface area contributed by atoms with E-state index in [1.807, 2.05) is 13.0 Å². The molecule has 1 aromatic rings. The zero-order chi connectivity index (χ0) is 13.7. The number of hydrogen-bond donors (Lipinski definition) is 1. The van der Waals surface area contributed by atoms with Gasteiger partial charge in [0, 0.05) is 12.6 Å². The molecule has 0 radical (unpaired) electrons. The van der Waals surface area contributed by atoms with Crippen LogP contribution in [0.2, 0.25) is 0 Å². The van der Waals surface area contributed by atoms with Crippen LogP contribution >= 0.6 is 15.9 Å². The molecule has 1 aliphatic heterocycles. The van der Waals surface area contributed by atoms with E-state index in [0.29, 0.717) is 6.61 Å². The fourth-order valence-corrected chi connectivity index (χ4v) is 2.82. The van der Waals surface area contributed by atoms with Crippen LogP contribution in [0.5, 0.6) is 5.75 Å². The molecule has 3 nitrogen and oxygen atoms in total. The van der Waals surface area contributed by atoms with Gasteiger partial charge in [-0.2, -0.15) is 0 Å². The van der Waals surface area contributed by atoms with E-state index in [4.69, 9.17) is 15.2 Å². The highest BCUT2D eigenvalue weighted by atomic mass is 79.9. The van der Waals surface area contributed by atoms with E-state index in [0.717, 1.165) is 29.7 Å². The van der Waals surface area contributed by atoms with Gasteiger partial charge < -0.3 is 15.2 Å². The molecule has 1 saturated heterocycles. The first-order valence-corrected chi connectivity index (χ1v) is 7.73. The molecule has 1 heterocycles. The maximum atomic E-state index is 5.83. The molecular weight excluding hydrogens is 306 g/mol. The van der Waals surface area contributed by atoms with Gasteiger partial charge in [-0.15, -0.1) is 0 Å². The summed E-state index contributed by atoms with van der Waals surface area (Å²) in [5, 5.41) is 0. The van der Waals surface area contributed by atoms with E-state index < -0.39 is 0 Å². The topological polar surface area (TPSA) is 44.5 Å². The molecule has 1 aliphatic rings. The Morgan fingerprint density at radius 2 is 2.32 bits per heavy atom. The Morgan fingerprint density at radius 1 is 1.47 bits per heavy atom. The van der Waals surface area contributed by atoms with Crippen molar-refractivity contribution in [3.63, 3.8) is 0 Å². The number of nitrogens with two attached hydrogens (primary N) is 1. The van der Waals surface area contributed by atoms with Crippen molar-refractivity contribution in [1.29, 1.82) is 0 Å². The molecule has 106 valence electrons. The highest BCUT2D eigenvalue weighted by molar-refractivity contribution is 9.10. The normalized spacial score (nSPS) is 21.1. The molecular formula is C15H22BrNO2. The lowest BCUT2D eigenvalue weighted by atomic mass is 10.1. The van der Waals surface area contributed by atoms with Crippen LogP contribution < -0.4 is 10.5 Å². The summed E-state index contributed by atoms with van der Waals surface area (Å²) < 4.78 is 12.5. The Labute approximate surface area is 123 Å². The molecule has 2 N–H and O–H groups in total. The standard InChI is InChI=1S/C15H22BrNO2/c1-11(17)8-12-5-6-15(14(16)9-12)19-10-13-4-2-3-7-18-13/h5-6,9,11,13H,2-4,7-8,10,17H2,1H3. The molecule has 4 heteroatoms. The van der Waals surface area contributed by atoms with Gasteiger partial charge in [0.25, 0.3) is 0 Å². The minimum Gasteiger partial charge on any atom is -0.490 e. The average Bonchev–Trinajstić information content (AvgIpc) is 2.38. The predicted octanol–water partition coefficient (Wildman–Crippen LogP) is 3.29. The molecule has 0 spiro atoms. The molecule has 19 heavy (non-hydrogen) atoms. The number of hydrogen-bond acceptors (Lipinski definition) is 3. The summed E-state index contributed by atoms with van der Waals surface area (Å²) in [6, 6.07) is 6.34. The second kappa shape index (κ2) is 7.27. The van der Waals surface area contributed by atoms with Crippen molar-refractivity contribution in [3.8, 4) is 5.75 Å². The molecule has 1 fully saturated rings. The predicted molar refractivity (Wildman–Crippen MR) is 80.6 cm³/mol. The minimum atomic E-state index is 0.175. The van der Waals surface area contributed by atoms with Gasteiger partial charge in [-0.3, -0.25) is 0 Å². The Kier molecular flexibility index (Phi) is 5.67. The van der Waals surface area contributed by atoms with Gasteiger partial charge in [-0.05, 0) is 66.2 Å². The fraction of sp³-hybridized carbons (Fsp3) is 0.600. The summed E-state index contributed by atoms with van der Waals surface area (Å²) in [6.07, 6.45) is 4.63. The molecule has 0 amide bonds. The Bertz CT molecular complexity index is 403. The van der Waals surface area contributed by atoms with E-state index in [9.17, 15) is 0 Å². The summed E-state index contributed by atoms with van der Waals surface area (Å²) in [5.74, 6) is 0.877. The third kappa shape index (κ3) is 4.79. The highest BCUT2D eigenvalue weighted by Crippen LogP contribution is 2.27. The summed E-state index contributed by atoms with van der Waals surface area (Å²) in [7, 11) is 0. The number of rotatable bonds is 5. The monoisotopic (exact) mass is 327 g/mol. The van der Waals surface area contributed by atoms with Crippen molar-refractivity contribution in [2.75, 3.05) is 13.2 Å². The molecule has 0 saturated carbocycles. The van der Waals surface area contributed by atoms with Crippen LogP contribution in [0.15, 0.2) is 22.7 Å². The van der Waals surface area contributed by atoms with Crippen LogP contribution in [0.3, 0.4) is 0 Å². The second-order valence-electron chi connectivity index (χ2n) is 5.25. The van der Waals surface area contributed by atoms with Crippen LogP contribution in [0, 0.1) is 0 Å². The van der Waals surface area contributed by atoms with Crippen molar-refractivity contribution in [2.45, 2.75) is 44.8 Å². The fourth-order valence-electron chi connectivity index (χ4n) is 2.28. The van der Waals surface area contributed by atoms with E-state index in [-0.39, 0.29) is 12.1 Å². The van der Waals surface area contributed by atoms with Crippen molar-refractivity contribution >= 4 is 15.9 Å². The van der Waals surface area contributed by atoms with Crippen LogP contribution in [-0.4, -0.2) is 25.4 Å². The molecule has 2 rings (SSSR count). The van der Waals surface area contributed by atoms with Crippen LogP contribution in [-0.2, 0) is 11.2 Å². The average molecular weight is 328 g/mol. The van der Waals surface area contributed by atoms with Gasteiger partial charge in [0.15, 0.2) is 0 Å². The first-order chi connectivity index (χ1) is 9.15. The summed E-state index contributed by atoms with van der Waals surface area (Å²) >= 11 is 3.56. The van der Waals surface area contributed by atoms with Gasteiger partial charge in [0.1, 0.15) is 12.4 Å². The molecule has 2 atom stereocenters. The van der Waals surface area contributed by atoms with Crippen LogP contribution in [0.4, 0.5) is 0 Å². The maximum absolute atomic E-state index is 5.83. The van der Waals surface area contributed by atoms with E-state index in [2.05, 4.69) is 28.1 Å². The van der Waals surface area contributed by atoms with Crippen LogP contribution in [0.25, 0.3) is 0 Å². The van der Waals surface area contributed by atoms with Crippen molar-refractivity contribution in [3.05, 3.63) is 28.2 Å². The smallest absolute Gasteiger partial charge is 0.133 e. The highest BCUT2D eigenvalue weighted by Gasteiger charge is 2.15. The van der Waals surface area contributed by atoms with E-state index in [1.165, 1.54) is 18.4 Å².